The van der Waals surface area contributed by atoms with Crippen molar-refractivity contribution < 1.29 is 4.39 Å². The highest BCUT2D eigenvalue weighted by Gasteiger charge is 2.18. The predicted molar refractivity (Wildman–Crippen MR) is 65.4 cm³/mol. The molecule has 1 aliphatic heterocycles. The summed E-state index contributed by atoms with van der Waals surface area (Å²) in [5, 5.41) is 8.82. The average Bonchev–Trinajstić information content (AvgIpc) is 2.89. The summed E-state index contributed by atoms with van der Waals surface area (Å²) in [6, 6.07) is 4.89. The van der Waals surface area contributed by atoms with Gasteiger partial charge < -0.3 is 5.32 Å². The number of fused-ring (bicyclic) bond motifs is 1. The molecule has 17 heavy (non-hydrogen) atoms. The van der Waals surface area contributed by atoms with E-state index >= 15 is 0 Å². The van der Waals surface area contributed by atoms with Crippen LogP contribution >= 0.6 is 0 Å². The van der Waals surface area contributed by atoms with Crippen LogP contribution in [-0.4, -0.2) is 22.9 Å². The maximum Gasteiger partial charge on any atom is 0.124 e. The first kappa shape index (κ1) is 10.7. The Balaban J connectivity index is 2.00. The van der Waals surface area contributed by atoms with Crippen LogP contribution in [0.25, 0.3) is 10.9 Å². The molecule has 3 nitrogen and oxygen atoms in total. The normalized spacial score (nSPS) is 20.2. The highest BCUT2D eigenvalue weighted by molar-refractivity contribution is 5.82. The lowest BCUT2D eigenvalue weighted by molar-refractivity contribution is 0.566. The van der Waals surface area contributed by atoms with Gasteiger partial charge in [0.1, 0.15) is 5.82 Å². The van der Waals surface area contributed by atoms with Crippen LogP contribution in [0.2, 0.25) is 0 Å². The molecule has 90 valence electrons. The van der Waals surface area contributed by atoms with Gasteiger partial charge in [-0.15, -0.1) is 0 Å². The van der Waals surface area contributed by atoms with E-state index < -0.39 is 0 Å². The van der Waals surface area contributed by atoms with E-state index in [1.165, 1.54) is 12.5 Å². The molecule has 1 fully saturated rings. The third-order valence-corrected chi connectivity index (χ3v) is 3.53. The fourth-order valence-electron chi connectivity index (χ4n) is 2.62. The Morgan fingerprint density at radius 1 is 1.53 bits per heavy atom. The number of nitrogens with zero attached hydrogens (tertiary/aromatic N) is 2. The van der Waals surface area contributed by atoms with Gasteiger partial charge in [0.15, 0.2) is 0 Å². The van der Waals surface area contributed by atoms with Crippen LogP contribution < -0.4 is 5.32 Å². The zero-order chi connectivity index (χ0) is 11.8. The summed E-state index contributed by atoms with van der Waals surface area (Å²) in [5.41, 5.74) is 2.03. The lowest BCUT2D eigenvalue weighted by Crippen LogP contribution is -2.11. The Labute approximate surface area is 99.6 Å². The van der Waals surface area contributed by atoms with Crippen LogP contribution in [0.1, 0.15) is 12.1 Å². The number of rotatable bonds is 2. The molecule has 1 aromatic heterocycles. The molecule has 2 aromatic rings. The maximum atomic E-state index is 13.3. The van der Waals surface area contributed by atoms with Gasteiger partial charge in [-0.2, -0.15) is 5.10 Å². The standard InChI is InChI=1S/C13H16FN3/c1-17-13-3-2-10(14)7-11(13)12(16-17)6-9-4-5-15-8-9/h2-3,7,9,15H,4-6,8H2,1H3. The summed E-state index contributed by atoms with van der Waals surface area (Å²) in [7, 11) is 1.91. The Hall–Kier alpha value is -1.42. The van der Waals surface area contributed by atoms with Crippen molar-refractivity contribution in [2.45, 2.75) is 12.8 Å². The summed E-state index contributed by atoms with van der Waals surface area (Å²) >= 11 is 0. The minimum atomic E-state index is -0.184. The largest absolute Gasteiger partial charge is 0.316 e. The van der Waals surface area contributed by atoms with Crippen LogP contribution in [0.3, 0.4) is 0 Å². The minimum Gasteiger partial charge on any atom is -0.316 e. The Bertz CT molecular complexity index is 541. The molecule has 1 N–H and O–H groups in total. The Morgan fingerprint density at radius 2 is 2.41 bits per heavy atom. The van der Waals surface area contributed by atoms with Crippen LogP contribution in [0.5, 0.6) is 0 Å². The smallest absolute Gasteiger partial charge is 0.124 e. The number of nitrogens with one attached hydrogen (secondary N) is 1. The van der Waals surface area contributed by atoms with Gasteiger partial charge in [0, 0.05) is 12.4 Å². The van der Waals surface area contributed by atoms with Crippen molar-refractivity contribution in [2.75, 3.05) is 13.1 Å². The first-order valence-corrected chi connectivity index (χ1v) is 6.06. The molecule has 0 saturated carbocycles. The average molecular weight is 233 g/mol. The molecule has 1 aromatic carbocycles. The van der Waals surface area contributed by atoms with E-state index in [1.807, 2.05) is 11.7 Å². The van der Waals surface area contributed by atoms with E-state index in [4.69, 9.17) is 0 Å². The van der Waals surface area contributed by atoms with Gasteiger partial charge in [-0.25, -0.2) is 4.39 Å². The van der Waals surface area contributed by atoms with E-state index in [1.54, 1.807) is 12.1 Å². The quantitative estimate of drug-likeness (QED) is 0.858. The molecule has 1 aliphatic rings. The summed E-state index contributed by atoms with van der Waals surface area (Å²) in [5.74, 6) is 0.452. The van der Waals surface area contributed by atoms with Crippen molar-refractivity contribution >= 4 is 10.9 Å². The van der Waals surface area contributed by atoms with E-state index in [9.17, 15) is 4.39 Å². The molecule has 1 atom stereocenters. The second-order valence-corrected chi connectivity index (χ2v) is 4.79. The second kappa shape index (κ2) is 4.11. The molecule has 0 aliphatic carbocycles. The molecule has 0 amide bonds. The monoisotopic (exact) mass is 233 g/mol. The van der Waals surface area contributed by atoms with Crippen molar-refractivity contribution in [3.05, 3.63) is 29.7 Å². The summed E-state index contributed by atoms with van der Waals surface area (Å²) in [6.07, 6.45) is 2.13. The lowest BCUT2D eigenvalue weighted by Gasteiger charge is -2.05. The number of aryl methyl sites for hydroxylation is 1. The van der Waals surface area contributed by atoms with Crippen LogP contribution in [-0.2, 0) is 13.5 Å². The fourth-order valence-corrected chi connectivity index (χ4v) is 2.62. The predicted octanol–water partition coefficient (Wildman–Crippen LogP) is 1.86. The number of benzene rings is 1. The van der Waals surface area contributed by atoms with Gasteiger partial charge >= 0.3 is 0 Å². The molecule has 0 radical (unpaired) electrons. The third-order valence-electron chi connectivity index (χ3n) is 3.53. The molecule has 3 rings (SSSR count). The molecule has 1 unspecified atom stereocenters. The van der Waals surface area contributed by atoms with Gasteiger partial charge in [-0.05, 0) is 50.0 Å². The van der Waals surface area contributed by atoms with Gasteiger partial charge in [-0.1, -0.05) is 0 Å². The highest BCUT2D eigenvalue weighted by Crippen LogP contribution is 2.23. The van der Waals surface area contributed by atoms with Crippen molar-refractivity contribution in [1.82, 2.24) is 15.1 Å². The molecule has 0 spiro atoms. The van der Waals surface area contributed by atoms with Crippen molar-refractivity contribution in [3.63, 3.8) is 0 Å². The van der Waals surface area contributed by atoms with Crippen LogP contribution in [0.15, 0.2) is 18.2 Å². The fraction of sp³-hybridized carbons (Fsp3) is 0.462. The number of halogens is 1. The van der Waals surface area contributed by atoms with E-state index in [0.29, 0.717) is 5.92 Å². The highest BCUT2D eigenvalue weighted by atomic mass is 19.1. The summed E-state index contributed by atoms with van der Waals surface area (Å²) in [6.45, 7) is 2.14. The van der Waals surface area contributed by atoms with Gasteiger partial charge in [0.25, 0.3) is 0 Å². The zero-order valence-corrected chi connectivity index (χ0v) is 9.91. The van der Waals surface area contributed by atoms with E-state index in [2.05, 4.69) is 10.4 Å². The maximum absolute atomic E-state index is 13.3. The molecule has 1 saturated heterocycles. The molecule has 0 bridgehead atoms. The van der Waals surface area contributed by atoms with E-state index in [-0.39, 0.29) is 5.82 Å². The van der Waals surface area contributed by atoms with E-state index in [0.717, 1.165) is 36.1 Å². The first-order valence-electron chi connectivity index (χ1n) is 6.06. The van der Waals surface area contributed by atoms with Gasteiger partial charge in [-0.3, -0.25) is 4.68 Å². The third kappa shape index (κ3) is 1.93. The summed E-state index contributed by atoms with van der Waals surface area (Å²) < 4.78 is 15.1. The minimum absolute atomic E-state index is 0.184. The Kier molecular flexibility index (Phi) is 2.59. The van der Waals surface area contributed by atoms with Gasteiger partial charge in [0.2, 0.25) is 0 Å². The van der Waals surface area contributed by atoms with Crippen molar-refractivity contribution in [3.8, 4) is 0 Å². The molecule has 4 heteroatoms. The lowest BCUT2D eigenvalue weighted by atomic mass is 10.0. The van der Waals surface area contributed by atoms with Gasteiger partial charge in [0.05, 0.1) is 11.2 Å². The molecule has 2 heterocycles. The molecular formula is C13H16FN3. The molecular weight excluding hydrogens is 217 g/mol. The zero-order valence-electron chi connectivity index (χ0n) is 9.91. The SMILES string of the molecule is Cn1nc(CC2CCNC2)c2cc(F)ccc21. The number of aromatic nitrogens is 2. The number of hydrogen-bond acceptors (Lipinski definition) is 2. The first-order chi connectivity index (χ1) is 8.24. The van der Waals surface area contributed by atoms with Crippen molar-refractivity contribution in [2.24, 2.45) is 13.0 Å². The second-order valence-electron chi connectivity index (χ2n) is 4.79. The van der Waals surface area contributed by atoms with Crippen molar-refractivity contribution in [1.29, 1.82) is 0 Å². The summed E-state index contributed by atoms with van der Waals surface area (Å²) in [4.78, 5) is 0. The van der Waals surface area contributed by atoms with Crippen LogP contribution in [0, 0.1) is 11.7 Å². The van der Waals surface area contributed by atoms with Crippen LogP contribution in [0.4, 0.5) is 4.39 Å². The number of hydrogen-bond donors (Lipinski definition) is 1. The topological polar surface area (TPSA) is 29.9 Å². The Morgan fingerprint density at radius 3 is 3.18 bits per heavy atom.